The Morgan fingerprint density at radius 2 is 1.79 bits per heavy atom. The van der Waals surface area contributed by atoms with Crippen molar-refractivity contribution >= 4 is 17.8 Å². The Balaban J connectivity index is 1.44. The molecule has 29 heavy (non-hydrogen) atoms. The molecule has 2 aliphatic rings. The second-order valence-electron chi connectivity index (χ2n) is 7.51. The molecule has 0 saturated heterocycles. The van der Waals surface area contributed by atoms with Crippen molar-refractivity contribution in [2.45, 2.75) is 31.1 Å². The molecule has 1 N–H and O–H groups in total. The van der Waals surface area contributed by atoms with E-state index in [0.717, 1.165) is 12.4 Å². The zero-order valence-electron chi connectivity index (χ0n) is 15.4. The van der Waals surface area contributed by atoms with Crippen LogP contribution in [0.2, 0.25) is 0 Å². The fraction of sp³-hybridized carbons (Fsp3) is 0.400. The molecule has 2 aliphatic carbocycles. The van der Waals surface area contributed by atoms with E-state index in [1.54, 1.807) is 12.1 Å². The van der Waals surface area contributed by atoms with Crippen LogP contribution in [0.25, 0.3) is 0 Å². The minimum Gasteiger partial charge on any atom is -0.329 e. The van der Waals surface area contributed by atoms with Gasteiger partial charge in [0.05, 0.1) is 12.4 Å². The molecule has 4 rings (SSSR count). The molecule has 152 valence electrons. The van der Waals surface area contributed by atoms with Gasteiger partial charge in [0.15, 0.2) is 5.82 Å². The molecule has 2 atom stereocenters. The van der Waals surface area contributed by atoms with Gasteiger partial charge >= 0.3 is 0 Å². The third-order valence-electron chi connectivity index (χ3n) is 5.12. The van der Waals surface area contributed by atoms with Gasteiger partial charge in [-0.1, -0.05) is 12.1 Å². The fourth-order valence-electron chi connectivity index (χ4n) is 3.11. The number of hydrogen-bond acceptors (Lipinski definition) is 4. The maximum atomic E-state index is 14.1. The topological polar surface area (TPSA) is 75.2 Å². The number of rotatable bonds is 7. The van der Waals surface area contributed by atoms with Crippen LogP contribution in [0.3, 0.4) is 0 Å². The second kappa shape index (κ2) is 7.46. The Hall–Kier alpha value is -2.97. The zero-order chi connectivity index (χ0) is 20.6. The highest BCUT2D eigenvalue weighted by Gasteiger charge is 2.45. The first kappa shape index (κ1) is 19.4. The van der Waals surface area contributed by atoms with Crippen LogP contribution < -0.4 is 5.32 Å². The van der Waals surface area contributed by atoms with E-state index < -0.39 is 29.5 Å². The maximum Gasteiger partial charge on any atom is 0.254 e. The lowest BCUT2D eigenvalue weighted by Gasteiger charge is -2.22. The molecule has 1 aromatic carbocycles. The summed E-state index contributed by atoms with van der Waals surface area (Å²) in [6.07, 6.45) is 2.10. The van der Waals surface area contributed by atoms with Crippen molar-refractivity contribution in [1.82, 2.24) is 14.9 Å². The van der Waals surface area contributed by atoms with Gasteiger partial charge in [-0.2, -0.15) is 0 Å². The summed E-state index contributed by atoms with van der Waals surface area (Å²) in [6, 6.07) is 6.18. The lowest BCUT2D eigenvalue weighted by atomic mass is 10.1. The first-order valence-electron chi connectivity index (χ1n) is 9.34. The molecule has 2 aromatic rings. The molecular weight excluding hydrogens is 385 g/mol. The van der Waals surface area contributed by atoms with Crippen LogP contribution in [0.5, 0.6) is 0 Å². The van der Waals surface area contributed by atoms with E-state index in [1.165, 1.54) is 17.0 Å². The first-order chi connectivity index (χ1) is 13.8. The third kappa shape index (κ3) is 4.55. The average Bonchev–Trinajstić information content (AvgIpc) is 3.62. The highest BCUT2D eigenvalue weighted by Crippen LogP contribution is 2.49. The second-order valence-corrected chi connectivity index (χ2v) is 7.51. The third-order valence-corrected chi connectivity index (χ3v) is 5.12. The van der Waals surface area contributed by atoms with Gasteiger partial charge in [-0.15, -0.1) is 0 Å². The van der Waals surface area contributed by atoms with E-state index in [2.05, 4.69) is 15.3 Å². The first-order valence-corrected chi connectivity index (χ1v) is 9.34. The number of anilines is 1. The van der Waals surface area contributed by atoms with Crippen molar-refractivity contribution < 1.29 is 22.8 Å². The lowest BCUT2D eigenvalue weighted by Crippen LogP contribution is -2.39. The highest BCUT2D eigenvalue weighted by molar-refractivity contribution is 5.98. The monoisotopic (exact) mass is 404 g/mol. The Bertz CT molecular complexity index is 916. The Morgan fingerprint density at radius 3 is 2.34 bits per heavy atom. The summed E-state index contributed by atoms with van der Waals surface area (Å²) in [5.74, 6) is -2.09. The molecule has 1 heterocycles. The Morgan fingerprint density at radius 1 is 1.17 bits per heavy atom. The largest absolute Gasteiger partial charge is 0.329 e. The predicted octanol–water partition coefficient (Wildman–Crippen LogP) is 3.01. The Labute approximate surface area is 165 Å². The number of amides is 2. The van der Waals surface area contributed by atoms with E-state index in [0.29, 0.717) is 30.4 Å². The smallest absolute Gasteiger partial charge is 0.254 e. The zero-order valence-corrected chi connectivity index (χ0v) is 15.4. The van der Waals surface area contributed by atoms with Crippen molar-refractivity contribution in [3.05, 3.63) is 53.6 Å². The fourth-order valence-corrected chi connectivity index (χ4v) is 3.11. The standard InChI is InChI=1S/C20H19F3N4O2/c21-15-8-24-19(25-9-15)26-17(28)11-27(10-13-7-16(13)22)18(29)12-1-3-14(4-2-12)20(23)5-6-20/h1-4,8-9,13,16H,5-7,10-11H2,(H,24,25,26,28)/t13?,16-/m1/s1. The van der Waals surface area contributed by atoms with Crippen molar-refractivity contribution in [3.63, 3.8) is 0 Å². The molecule has 1 aromatic heterocycles. The molecule has 2 saturated carbocycles. The lowest BCUT2D eigenvalue weighted by molar-refractivity contribution is -0.117. The molecule has 1 unspecified atom stereocenters. The number of hydrogen-bond donors (Lipinski definition) is 1. The van der Waals surface area contributed by atoms with Gasteiger partial charge < -0.3 is 4.90 Å². The van der Waals surface area contributed by atoms with Gasteiger partial charge in [0.25, 0.3) is 5.91 Å². The van der Waals surface area contributed by atoms with Crippen molar-refractivity contribution in [1.29, 1.82) is 0 Å². The van der Waals surface area contributed by atoms with Crippen LogP contribution in [-0.2, 0) is 10.5 Å². The molecular formula is C20H19F3N4O2. The molecule has 0 bridgehead atoms. The minimum absolute atomic E-state index is 0.0898. The predicted molar refractivity (Wildman–Crippen MR) is 98.0 cm³/mol. The van der Waals surface area contributed by atoms with Crippen molar-refractivity contribution in [2.24, 2.45) is 5.92 Å². The molecule has 2 fully saturated rings. The van der Waals surface area contributed by atoms with Gasteiger partial charge in [0, 0.05) is 18.0 Å². The van der Waals surface area contributed by atoms with Gasteiger partial charge in [-0.3, -0.25) is 14.9 Å². The SMILES string of the molecule is O=C(CN(CC1C[C@H]1F)C(=O)c1ccc(C2(F)CC2)cc1)Nc1ncc(F)cn1. The molecule has 0 radical (unpaired) electrons. The van der Waals surface area contributed by atoms with Gasteiger partial charge in [-0.05, 0) is 37.0 Å². The summed E-state index contributed by atoms with van der Waals surface area (Å²) in [4.78, 5) is 33.7. The summed E-state index contributed by atoms with van der Waals surface area (Å²) in [6.45, 7) is -0.246. The van der Waals surface area contributed by atoms with Crippen LogP contribution >= 0.6 is 0 Å². The number of benzene rings is 1. The van der Waals surface area contributed by atoms with Crippen LogP contribution in [-0.4, -0.2) is 45.9 Å². The van der Waals surface area contributed by atoms with Crippen LogP contribution in [0.1, 0.15) is 35.2 Å². The van der Waals surface area contributed by atoms with Crippen LogP contribution in [0.15, 0.2) is 36.7 Å². The summed E-state index contributed by atoms with van der Waals surface area (Å²) in [7, 11) is 0. The van der Waals surface area contributed by atoms with Crippen LogP contribution in [0.4, 0.5) is 19.1 Å². The summed E-state index contributed by atoms with van der Waals surface area (Å²) in [5.41, 5.74) is -0.483. The van der Waals surface area contributed by atoms with E-state index in [1.807, 2.05) is 0 Å². The number of nitrogens with zero attached hydrogens (tertiary/aromatic N) is 3. The number of alkyl halides is 2. The van der Waals surface area contributed by atoms with Crippen LogP contribution in [0, 0.1) is 11.7 Å². The summed E-state index contributed by atoms with van der Waals surface area (Å²) in [5, 5.41) is 2.38. The van der Waals surface area contributed by atoms with Gasteiger partial charge in [0.1, 0.15) is 18.4 Å². The number of halogens is 3. The van der Waals surface area contributed by atoms with E-state index >= 15 is 0 Å². The van der Waals surface area contributed by atoms with E-state index in [9.17, 15) is 22.8 Å². The molecule has 0 aliphatic heterocycles. The van der Waals surface area contributed by atoms with E-state index in [-0.39, 0.29) is 25.0 Å². The molecule has 9 heteroatoms. The molecule has 0 spiro atoms. The van der Waals surface area contributed by atoms with Crippen molar-refractivity contribution in [3.8, 4) is 0 Å². The molecule has 6 nitrogen and oxygen atoms in total. The average molecular weight is 404 g/mol. The normalized spacial score (nSPS) is 21.3. The van der Waals surface area contributed by atoms with Gasteiger partial charge in [0.2, 0.25) is 11.9 Å². The van der Waals surface area contributed by atoms with E-state index in [4.69, 9.17) is 0 Å². The van der Waals surface area contributed by atoms with Gasteiger partial charge in [-0.25, -0.2) is 23.1 Å². The van der Waals surface area contributed by atoms with Crippen molar-refractivity contribution in [2.75, 3.05) is 18.4 Å². The quantitative estimate of drug-likeness (QED) is 0.770. The maximum absolute atomic E-state index is 14.1. The number of aromatic nitrogens is 2. The number of carbonyl (C=O) groups is 2. The minimum atomic E-state index is -1.30. The highest BCUT2D eigenvalue weighted by atomic mass is 19.1. The molecule has 2 amide bonds. The Kier molecular flexibility index (Phi) is 4.97. The number of nitrogens with one attached hydrogen (secondary N) is 1. The summed E-state index contributed by atoms with van der Waals surface area (Å²) >= 11 is 0. The summed E-state index contributed by atoms with van der Waals surface area (Å²) < 4.78 is 40.4. The number of carbonyl (C=O) groups excluding carboxylic acids is 2.